The van der Waals surface area contributed by atoms with Crippen LogP contribution in [0, 0.1) is 0 Å². The predicted molar refractivity (Wildman–Crippen MR) is 81.0 cm³/mol. The summed E-state index contributed by atoms with van der Waals surface area (Å²) in [5.41, 5.74) is 2.77. The van der Waals surface area contributed by atoms with Crippen LogP contribution in [-0.2, 0) is 11.2 Å². The van der Waals surface area contributed by atoms with Crippen LogP contribution >= 0.6 is 15.9 Å². The molecule has 0 fully saturated rings. The molecule has 2 nitrogen and oxygen atoms in total. The van der Waals surface area contributed by atoms with Crippen LogP contribution < -0.4 is 5.32 Å². The fourth-order valence-electron chi connectivity index (χ4n) is 1.76. The molecule has 1 aromatic carbocycles. The van der Waals surface area contributed by atoms with Crippen molar-refractivity contribution in [3.8, 4) is 0 Å². The Morgan fingerprint density at radius 3 is 2.94 bits per heavy atom. The lowest BCUT2D eigenvalue weighted by molar-refractivity contribution is 0.199. The van der Waals surface area contributed by atoms with Gasteiger partial charge in [-0.3, -0.25) is 0 Å². The van der Waals surface area contributed by atoms with Crippen molar-refractivity contribution < 1.29 is 4.74 Å². The molecule has 0 aromatic heterocycles. The maximum Gasteiger partial charge on any atom is 0.0587 e. The second-order valence-corrected chi connectivity index (χ2v) is 5.30. The van der Waals surface area contributed by atoms with Crippen LogP contribution in [0.5, 0.6) is 0 Å². The Hall–Kier alpha value is -0.640. The van der Waals surface area contributed by atoms with Gasteiger partial charge in [0, 0.05) is 18.1 Å². The van der Waals surface area contributed by atoms with E-state index in [4.69, 9.17) is 4.74 Å². The van der Waals surface area contributed by atoms with Crippen LogP contribution in [0.15, 0.2) is 40.4 Å². The zero-order valence-corrected chi connectivity index (χ0v) is 12.8. The van der Waals surface area contributed by atoms with Crippen molar-refractivity contribution in [2.45, 2.75) is 19.8 Å². The zero-order chi connectivity index (χ0) is 13.2. The monoisotopic (exact) mass is 311 g/mol. The normalized spacial score (nSPS) is 11.8. The molecule has 3 heteroatoms. The molecular formula is C15H22BrNO. The molecule has 0 unspecified atom stereocenters. The Balaban J connectivity index is 2.25. The molecule has 18 heavy (non-hydrogen) atoms. The van der Waals surface area contributed by atoms with Crippen molar-refractivity contribution in [1.82, 2.24) is 5.32 Å². The molecule has 0 saturated heterocycles. The van der Waals surface area contributed by atoms with E-state index in [-0.39, 0.29) is 0 Å². The summed E-state index contributed by atoms with van der Waals surface area (Å²) in [6, 6.07) is 8.48. The fraction of sp³-hybridized carbons (Fsp3) is 0.467. The van der Waals surface area contributed by atoms with Gasteiger partial charge in [0.25, 0.3) is 0 Å². The van der Waals surface area contributed by atoms with E-state index in [1.165, 1.54) is 11.1 Å². The number of hydrogen-bond donors (Lipinski definition) is 1. The van der Waals surface area contributed by atoms with Crippen molar-refractivity contribution in [2.75, 3.05) is 26.8 Å². The van der Waals surface area contributed by atoms with E-state index in [1.54, 1.807) is 7.11 Å². The second kappa shape index (κ2) is 9.31. The maximum atomic E-state index is 4.98. The van der Waals surface area contributed by atoms with Crippen molar-refractivity contribution in [3.63, 3.8) is 0 Å². The van der Waals surface area contributed by atoms with Crippen molar-refractivity contribution in [1.29, 1.82) is 0 Å². The van der Waals surface area contributed by atoms with Crippen LogP contribution in [0.1, 0.15) is 18.9 Å². The molecule has 1 rings (SSSR count). The van der Waals surface area contributed by atoms with Gasteiger partial charge in [-0.2, -0.15) is 0 Å². The minimum Gasteiger partial charge on any atom is -0.383 e. The number of benzene rings is 1. The summed E-state index contributed by atoms with van der Waals surface area (Å²) in [5.74, 6) is 0. The van der Waals surface area contributed by atoms with Crippen molar-refractivity contribution in [3.05, 3.63) is 46.0 Å². The third kappa shape index (κ3) is 6.94. The lowest BCUT2D eigenvalue weighted by Crippen LogP contribution is -2.19. The molecule has 0 aliphatic carbocycles. The molecular weight excluding hydrogens is 290 g/mol. The minimum atomic E-state index is 0.779. The summed E-state index contributed by atoms with van der Waals surface area (Å²) in [6.07, 6.45) is 4.40. The standard InChI is InChI=1S/C15H22BrNO/c1-13(5-4-8-17-9-10-18-2)11-14-6-3-7-15(16)12-14/h3,5-7,12,17H,4,8-11H2,1-2H3. The summed E-state index contributed by atoms with van der Waals surface area (Å²) in [7, 11) is 1.73. The van der Waals surface area contributed by atoms with E-state index in [0.29, 0.717) is 0 Å². The number of allylic oxidation sites excluding steroid dienone is 1. The molecule has 0 atom stereocenters. The Morgan fingerprint density at radius 1 is 1.39 bits per heavy atom. The molecule has 1 N–H and O–H groups in total. The highest BCUT2D eigenvalue weighted by molar-refractivity contribution is 9.10. The van der Waals surface area contributed by atoms with Crippen LogP contribution in [0.3, 0.4) is 0 Å². The summed E-state index contributed by atoms with van der Waals surface area (Å²) in [5, 5.41) is 3.34. The quantitative estimate of drug-likeness (QED) is 0.585. The number of ether oxygens (including phenoxy) is 1. The number of halogens is 1. The van der Waals surface area contributed by atoms with E-state index < -0.39 is 0 Å². The topological polar surface area (TPSA) is 21.3 Å². The van der Waals surface area contributed by atoms with Crippen molar-refractivity contribution in [2.24, 2.45) is 0 Å². The number of methoxy groups -OCH3 is 1. The second-order valence-electron chi connectivity index (χ2n) is 4.39. The van der Waals surface area contributed by atoms with E-state index >= 15 is 0 Å². The first-order valence-electron chi connectivity index (χ1n) is 6.32. The van der Waals surface area contributed by atoms with Gasteiger partial charge in [0.05, 0.1) is 6.61 Å². The van der Waals surface area contributed by atoms with Gasteiger partial charge in [-0.25, -0.2) is 0 Å². The molecule has 1 aromatic rings. The predicted octanol–water partition coefficient (Wildman–Crippen LogP) is 3.56. The van der Waals surface area contributed by atoms with Crippen LogP contribution in [0.2, 0.25) is 0 Å². The van der Waals surface area contributed by atoms with Crippen LogP contribution in [-0.4, -0.2) is 26.8 Å². The Bertz CT molecular complexity index is 377. The smallest absolute Gasteiger partial charge is 0.0587 e. The highest BCUT2D eigenvalue weighted by Crippen LogP contribution is 2.14. The highest BCUT2D eigenvalue weighted by atomic mass is 79.9. The molecule has 0 spiro atoms. The Morgan fingerprint density at radius 2 is 2.22 bits per heavy atom. The van der Waals surface area contributed by atoms with E-state index in [0.717, 1.165) is 37.0 Å². The fourth-order valence-corrected chi connectivity index (χ4v) is 2.21. The van der Waals surface area contributed by atoms with Gasteiger partial charge in [0.15, 0.2) is 0 Å². The van der Waals surface area contributed by atoms with Gasteiger partial charge in [-0.1, -0.05) is 39.7 Å². The minimum absolute atomic E-state index is 0.779. The Kier molecular flexibility index (Phi) is 7.98. The largest absolute Gasteiger partial charge is 0.383 e. The first kappa shape index (κ1) is 15.4. The molecule has 100 valence electrons. The molecule has 0 aliphatic rings. The number of hydrogen-bond acceptors (Lipinski definition) is 2. The van der Waals surface area contributed by atoms with E-state index in [1.807, 2.05) is 0 Å². The zero-order valence-electron chi connectivity index (χ0n) is 11.2. The summed E-state index contributed by atoms with van der Waals surface area (Å²) >= 11 is 3.50. The SMILES string of the molecule is COCCNCCC=C(C)Cc1cccc(Br)c1. The lowest BCUT2D eigenvalue weighted by Gasteiger charge is -2.04. The molecule has 0 heterocycles. The summed E-state index contributed by atoms with van der Waals surface area (Å²) in [4.78, 5) is 0. The van der Waals surface area contributed by atoms with E-state index in [9.17, 15) is 0 Å². The molecule has 0 saturated carbocycles. The third-order valence-electron chi connectivity index (χ3n) is 2.67. The van der Waals surface area contributed by atoms with Gasteiger partial charge in [0.2, 0.25) is 0 Å². The average molecular weight is 312 g/mol. The van der Waals surface area contributed by atoms with Gasteiger partial charge in [0.1, 0.15) is 0 Å². The van der Waals surface area contributed by atoms with Gasteiger partial charge >= 0.3 is 0 Å². The highest BCUT2D eigenvalue weighted by Gasteiger charge is 1.95. The van der Waals surface area contributed by atoms with Gasteiger partial charge < -0.3 is 10.1 Å². The Labute approximate surface area is 119 Å². The van der Waals surface area contributed by atoms with E-state index in [2.05, 4.69) is 58.5 Å². The first-order valence-corrected chi connectivity index (χ1v) is 7.11. The maximum absolute atomic E-state index is 4.98. The number of rotatable bonds is 8. The first-order chi connectivity index (χ1) is 8.72. The molecule has 0 bridgehead atoms. The summed E-state index contributed by atoms with van der Waals surface area (Å²) < 4.78 is 6.12. The van der Waals surface area contributed by atoms with Crippen molar-refractivity contribution >= 4 is 15.9 Å². The summed E-state index contributed by atoms with van der Waals surface area (Å²) in [6.45, 7) is 4.91. The van der Waals surface area contributed by atoms with Gasteiger partial charge in [-0.05, 0) is 44.0 Å². The van der Waals surface area contributed by atoms with Crippen LogP contribution in [0.4, 0.5) is 0 Å². The molecule has 0 radical (unpaired) electrons. The molecule has 0 aliphatic heterocycles. The third-order valence-corrected chi connectivity index (χ3v) is 3.16. The number of nitrogens with one attached hydrogen (secondary N) is 1. The van der Waals surface area contributed by atoms with Crippen LogP contribution in [0.25, 0.3) is 0 Å². The van der Waals surface area contributed by atoms with Gasteiger partial charge in [-0.15, -0.1) is 0 Å². The lowest BCUT2D eigenvalue weighted by atomic mass is 10.1. The average Bonchev–Trinajstić information content (AvgIpc) is 2.33. The molecule has 0 amide bonds.